The van der Waals surface area contributed by atoms with E-state index in [2.05, 4.69) is 35.3 Å². The van der Waals surface area contributed by atoms with Gasteiger partial charge in [0.25, 0.3) is 5.91 Å². The summed E-state index contributed by atoms with van der Waals surface area (Å²) in [4.78, 5) is 16.8. The Morgan fingerprint density at radius 3 is 2.78 bits per heavy atom. The van der Waals surface area contributed by atoms with Gasteiger partial charge in [0.15, 0.2) is 5.84 Å². The fourth-order valence-electron chi connectivity index (χ4n) is 5.29. The zero-order chi connectivity index (χ0) is 22.4. The summed E-state index contributed by atoms with van der Waals surface area (Å²) in [5, 5.41) is 4.21. The minimum atomic E-state index is -0.392. The van der Waals surface area contributed by atoms with Crippen LogP contribution >= 0.6 is 0 Å². The zero-order valence-electron chi connectivity index (χ0n) is 18.8. The zero-order valence-corrected chi connectivity index (χ0v) is 18.8. The summed E-state index contributed by atoms with van der Waals surface area (Å²) >= 11 is 0. The van der Waals surface area contributed by atoms with Crippen molar-refractivity contribution in [3.63, 3.8) is 0 Å². The summed E-state index contributed by atoms with van der Waals surface area (Å²) < 4.78 is 20.9. The van der Waals surface area contributed by atoms with Gasteiger partial charge < -0.3 is 14.5 Å². The van der Waals surface area contributed by atoms with Crippen molar-refractivity contribution in [1.29, 1.82) is 0 Å². The Hall–Kier alpha value is -2.93. The molecule has 3 atom stereocenters. The Labute approximate surface area is 188 Å². The van der Waals surface area contributed by atoms with E-state index < -0.39 is 6.04 Å². The van der Waals surface area contributed by atoms with Crippen LogP contribution in [-0.4, -0.2) is 48.9 Å². The summed E-state index contributed by atoms with van der Waals surface area (Å²) in [7, 11) is 0. The molecule has 0 saturated carbocycles. The number of amidine groups is 1. The van der Waals surface area contributed by atoms with E-state index in [1.54, 1.807) is 6.07 Å². The molecule has 1 saturated heterocycles. The molecule has 3 heterocycles. The van der Waals surface area contributed by atoms with Crippen LogP contribution < -0.4 is 15.1 Å². The molecule has 1 fully saturated rings. The average Bonchev–Trinajstić information content (AvgIpc) is 2.80. The highest BCUT2D eigenvalue weighted by Crippen LogP contribution is 2.46. The first-order chi connectivity index (χ1) is 15.5. The van der Waals surface area contributed by atoms with Gasteiger partial charge in [-0.2, -0.15) is 5.10 Å². The molecule has 5 rings (SSSR count). The summed E-state index contributed by atoms with van der Waals surface area (Å²) in [6, 6.07) is 10.6. The molecule has 2 aromatic carbocycles. The van der Waals surface area contributed by atoms with Crippen LogP contribution in [0.15, 0.2) is 41.5 Å². The summed E-state index contributed by atoms with van der Waals surface area (Å²) in [5.74, 6) is 1.66. The second kappa shape index (κ2) is 8.20. The number of benzene rings is 2. The molecule has 3 aliphatic heterocycles. The molecule has 7 heteroatoms. The maximum absolute atomic E-state index is 14.9. The van der Waals surface area contributed by atoms with E-state index in [1.807, 2.05) is 30.0 Å². The van der Waals surface area contributed by atoms with E-state index in [0.29, 0.717) is 23.1 Å². The third-order valence-electron chi connectivity index (χ3n) is 7.09. The molecule has 6 nitrogen and oxygen atoms in total. The van der Waals surface area contributed by atoms with Gasteiger partial charge in [-0.05, 0) is 67.6 Å². The summed E-state index contributed by atoms with van der Waals surface area (Å²) in [5.41, 5.74) is 5.98. The molecule has 168 valence electrons. The van der Waals surface area contributed by atoms with Crippen molar-refractivity contribution in [3.05, 3.63) is 47.8 Å². The normalized spacial score (nSPS) is 25.4. The molecule has 0 bridgehead atoms. The SMILES string of the molecule is CCN1CC[C@@H](c2cc3c(cc2-c2ccccc2F)OCC2=NNC(=O)[C@@H](C)N23)[C@@H](C)C1. The molecular formula is C25H29FN4O2. The van der Waals surface area contributed by atoms with Crippen LogP contribution in [0.5, 0.6) is 5.75 Å². The number of nitrogens with one attached hydrogen (secondary N) is 1. The maximum atomic E-state index is 14.9. The van der Waals surface area contributed by atoms with Crippen molar-refractivity contribution in [3.8, 4) is 16.9 Å². The molecule has 3 aliphatic rings. The number of carbonyl (C=O) groups is 1. The number of hydrazone groups is 1. The Bertz CT molecular complexity index is 1090. The van der Waals surface area contributed by atoms with Crippen LogP contribution in [0.3, 0.4) is 0 Å². The standard InChI is InChI=1S/C25H29FN4O2/c1-4-29-10-9-17(15(2)13-29)19-11-22-23(12-20(19)18-7-5-6-8-21(18)26)32-14-24-27-28-25(31)16(3)30(22)24/h5-8,11-12,15-17H,4,9-10,13-14H2,1-3H3,(H,28,31)/t15-,16+,17+/m0/s1. The molecular weight excluding hydrogens is 407 g/mol. The number of ether oxygens (including phenoxy) is 1. The predicted molar refractivity (Wildman–Crippen MR) is 123 cm³/mol. The van der Waals surface area contributed by atoms with E-state index in [4.69, 9.17) is 4.74 Å². The molecule has 1 amide bonds. The molecule has 32 heavy (non-hydrogen) atoms. The van der Waals surface area contributed by atoms with E-state index >= 15 is 0 Å². The van der Waals surface area contributed by atoms with E-state index in [-0.39, 0.29) is 24.2 Å². The van der Waals surface area contributed by atoms with E-state index in [0.717, 1.165) is 42.9 Å². The van der Waals surface area contributed by atoms with Gasteiger partial charge in [-0.25, -0.2) is 9.82 Å². The van der Waals surface area contributed by atoms with E-state index in [1.165, 1.54) is 6.07 Å². The number of amides is 1. The number of hydrogen-bond donors (Lipinski definition) is 1. The lowest BCUT2D eigenvalue weighted by Gasteiger charge is -2.41. The maximum Gasteiger partial charge on any atom is 0.262 e. The second-order valence-electron chi connectivity index (χ2n) is 8.99. The number of rotatable bonds is 3. The monoisotopic (exact) mass is 436 g/mol. The first-order valence-corrected chi connectivity index (χ1v) is 11.4. The predicted octanol–water partition coefficient (Wildman–Crippen LogP) is 3.97. The van der Waals surface area contributed by atoms with Gasteiger partial charge in [-0.15, -0.1) is 0 Å². The fourth-order valence-corrected chi connectivity index (χ4v) is 5.29. The molecule has 2 aromatic rings. The minimum absolute atomic E-state index is 0.147. The third kappa shape index (κ3) is 3.45. The van der Waals surface area contributed by atoms with Crippen molar-refractivity contribution >= 4 is 17.4 Å². The number of likely N-dealkylation sites (tertiary alicyclic amines) is 1. The Kier molecular flexibility index (Phi) is 5.37. The van der Waals surface area contributed by atoms with Crippen molar-refractivity contribution in [1.82, 2.24) is 10.3 Å². The van der Waals surface area contributed by atoms with Crippen LogP contribution in [-0.2, 0) is 4.79 Å². The molecule has 0 aliphatic carbocycles. The first kappa shape index (κ1) is 20.9. The van der Waals surface area contributed by atoms with Gasteiger partial charge in [0.05, 0.1) is 5.69 Å². The number of hydrogen-bond acceptors (Lipinski definition) is 5. The van der Waals surface area contributed by atoms with E-state index in [9.17, 15) is 9.18 Å². The van der Waals surface area contributed by atoms with Crippen molar-refractivity contribution in [2.75, 3.05) is 31.1 Å². The van der Waals surface area contributed by atoms with Crippen LogP contribution in [0.1, 0.15) is 38.7 Å². The molecule has 0 unspecified atom stereocenters. The summed E-state index contributed by atoms with van der Waals surface area (Å²) in [6.07, 6.45) is 1.01. The highest BCUT2D eigenvalue weighted by Gasteiger charge is 2.37. The largest absolute Gasteiger partial charge is 0.483 e. The summed E-state index contributed by atoms with van der Waals surface area (Å²) in [6.45, 7) is 9.67. The van der Waals surface area contributed by atoms with Crippen molar-refractivity contribution < 1.29 is 13.9 Å². The van der Waals surface area contributed by atoms with Gasteiger partial charge in [0.2, 0.25) is 0 Å². The lowest BCUT2D eigenvalue weighted by Crippen LogP contribution is -2.55. The molecule has 0 spiro atoms. The third-order valence-corrected chi connectivity index (χ3v) is 7.09. The topological polar surface area (TPSA) is 57.2 Å². The fraction of sp³-hybridized carbons (Fsp3) is 0.440. The number of halogens is 1. The smallest absolute Gasteiger partial charge is 0.262 e. The highest BCUT2D eigenvalue weighted by atomic mass is 19.1. The van der Waals surface area contributed by atoms with Crippen LogP contribution in [0.4, 0.5) is 10.1 Å². The Morgan fingerprint density at radius 1 is 1.22 bits per heavy atom. The average molecular weight is 437 g/mol. The number of fused-ring (bicyclic) bond motifs is 3. The van der Waals surface area contributed by atoms with Crippen LogP contribution in [0.2, 0.25) is 0 Å². The molecule has 1 N–H and O–H groups in total. The van der Waals surface area contributed by atoms with Gasteiger partial charge >= 0.3 is 0 Å². The van der Waals surface area contributed by atoms with Gasteiger partial charge in [0.1, 0.15) is 24.2 Å². The van der Waals surface area contributed by atoms with Crippen LogP contribution in [0, 0.1) is 11.7 Å². The van der Waals surface area contributed by atoms with Gasteiger partial charge in [-0.3, -0.25) is 4.79 Å². The molecule has 0 radical (unpaired) electrons. The minimum Gasteiger partial charge on any atom is -0.483 e. The van der Waals surface area contributed by atoms with Gasteiger partial charge in [0, 0.05) is 12.1 Å². The quantitative estimate of drug-likeness (QED) is 0.791. The number of anilines is 1. The number of nitrogens with zero attached hydrogens (tertiary/aromatic N) is 3. The van der Waals surface area contributed by atoms with Crippen molar-refractivity contribution in [2.45, 2.75) is 39.2 Å². The van der Waals surface area contributed by atoms with Crippen molar-refractivity contribution in [2.24, 2.45) is 11.0 Å². The Balaban J connectivity index is 1.67. The molecule has 0 aromatic heterocycles. The number of piperidine rings is 1. The number of carbonyl (C=O) groups excluding carboxylic acids is 1. The lowest BCUT2D eigenvalue weighted by molar-refractivity contribution is -0.122. The Morgan fingerprint density at radius 2 is 2.03 bits per heavy atom. The van der Waals surface area contributed by atoms with Crippen LogP contribution in [0.25, 0.3) is 11.1 Å². The first-order valence-electron chi connectivity index (χ1n) is 11.4. The highest BCUT2D eigenvalue weighted by molar-refractivity contribution is 6.09. The second-order valence-corrected chi connectivity index (χ2v) is 8.99. The lowest BCUT2D eigenvalue weighted by atomic mass is 9.78. The van der Waals surface area contributed by atoms with Gasteiger partial charge in [-0.1, -0.05) is 32.0 Å².